The second-order valence-corrected chi connectivity index (χ2v) is 5.47. The number of nitrogens with zero attached hydrogens (tertiary/aromatic N) is 4. The predicted octanol–water partition coefficient (Wildman–Crippen LogP) is 1.21. The summed E-state index contributed by atoms with van der Waals surface area (Å²) in [5, 5.41) is 2.68. The lowest BCUT2D eigenvalue weighted by Gasteiger charge is -2.16. The van der Waals surface area contributed by atoms with E-state index in [0.29, 0.717) is 13.2 Å². The smallest absolute Gasteiger partial charge is 0.317 e. The number of methoxy groups -OCH3 is 1. The maximum absolute atomic E-state index is 11.8. The number of amides is 2. The molecule has 2 amide bonds. The molecule has 1 atom stereocenters. The van der Waals surface area contributed by atoms with Gasteiger partial charge in [-0.25, -0.2) is 9.78 Å². The number of likely N-dealkylation sites (tertiary alicyclic amines) is 1. The summed E-state index contributed by atoms with van der Waals surface area (Å²) < 4.78 is 7.39. The number of hydrogen-bond acceptors (Lipinski definition) is 4. The number of urea groups is 1. The second kappa shape index (κ2) is 6.31. The van der Waals surface area contributed by atoms with Crippen molar-refractivity contribution in [2.75, 3.05) is 33.9 Å². The van der Waals surface area contributed by atoms with E-state index in [1.165, 1.54) is 0 Å². The molecule has 0 saturated carbocycles. The van der Waals surface area contributed by atoms with Gasteiger partial charge in [0, 0.05) is 45.9 Å². The number of pyridine rings is 1. The first-order valence-corrected chi connectivity index (χ1v) is 7.50. The number of rotatable bonds is 4. The number of imidazole rings is 1. The van der Waals surface area contributed by atoms with Crippen LogP contribution < -0.4 is 5.32 Å². The Bertz CT molecular complexity index is 669. The van der Waals surface area contributed by atoms with Crippen molar-refractivity contribution in [1.82, 2.24) is 24.8 Å². The third kappa shape index (κ3) is 2.64. The molecule has 0 aromatic carbocycles. The van der Waals surface area contributed by atoms with E-state index in [0.717, 1.165) is 36.4 Å². The Morgan fingerprint density at radius 1 is 1.55 bits per heavy atom. The van der Waals surface area contributed by atoms with E-state index < -0.39 is 0 Å². The Hall–Kier alpha value is -2.15. The molecule has 1 saturated heterocycles. The number of aromatic nitrogens is 3. The molecule has 3 heterocycles. The van der Waals surface area contributed by atoms with Crippen LogP contribution in [-0.4, -0.2) is 59.3 Å². The highest BCUT2D eigenvalue weighted by atomic mass is 16.5. The summed E-state index contributed by atoms with van der Waals surface area (Å²) in [6, 6.07) is 1.90. The van der Waals surface area contributed by atoms with E-state index in [1.54, 1.807) is 20.4 Å². The first-order chi connectivity index (χ1) is 10.7. The summed E-state index contributed by atoms with van der Waals surface area (Å²) in [4.78, 5) is 22.6. The molecule has 1 aliphatic heterocycles. The summed E-state index contributed by atoms with van der Waals surface area (Å²) in [5.41, 5.74) is 1.97. The average Bonchev–Trinajstić information content (AvgIpc) is 3.16. The topological polar surface area (TPSA) is 72.3 Å². The van der Waals surface area contributed by atoms with Gasteiger partial charge in [-0.2, -0.15) is 0 Å². The number of nitrogens with one attached hydrogen (secondary N) is 1. The van der Waals surface area contributed by atoms with Gasteiger partial charge in [0.1, 0.15) is 5.82 Å². The van der Waals surface area contributed by atoms with Crippen molar-refractivity contribution in [3.8, 4) is 0 Å². The number of carbonyl (C=O) groups excluding carboxylic acids is 1. The van der Waals surface area contributed by atoms with E-state index in [-0.39, 0.29) is 11.9 Å². The van der Waals surface area contributed by atoms with Crippen LogP contribution in [0.15, 0.2) is 18.5 Å². The average molecular weight is 303 g/mol. The molecule has 0 spiro atoms. The molecule has 1 N–H and O–H groups in total. The zero-order chi connectivity index (χ0) is 15.5. The fraction of sp³-hybridized carbons (Fsp3) is 0.533. The molecule has 1 fully saturated rings. The number of ether oxygens (including phenoxy) is 1. The standard InChI is InChI=1S/C15H21N5O2/c1-16-15(21)19-6-4-11(10-19)14-18-12-3-5-17-9-13(12)20(14)7-8-22-2/h3,5,9,11H,4,6-8,10H2,1-2H3,(H,16,21). The van der Waals surface area contributed by atoms with Gasteiger partial charge in [0.2, 0.25) is 0 Å². The monoisotopic (exact) mass is 303 g/mol. The van der Waals surface area contributed by atoms with Crippen molar-refractivity contribution in [1.29, 1.82) is 0 Å². The lowest BCUT2D eigenvalue weighted by molar-refractivity contribution is 0.187. The zero-order valence-corrected chi connectivity index (χ0v) is 13.0. The normalized spacial score (nSPS) is 18.1. The summed E-state index contributed by atoms with van der Waals surface area (Å²) in [6.07, 6.45) is 4.52. The number of hydrogen-bond donors (Lipinski definition) is 1. The van der Waals surface area contributed by atoms with Crippen molar-refractivity contribution < 1.29 is 9.53 Å². The molecular weight excluding hydrogens is 282 g/mol. The molecule has 7 heteroatoms. The lowest BCUT2D eigenvalue weighted by atomic mass is 10.1. The Morgan fingerprint density at radius 3 is 3.18 bits per heavy atom. The van der Waals surface area contributed by atoms with Crippen LogP contribution in [-0.2, 0) is 11.3 Å². The van der Waals surface area contributed by atoms with Gasteiger partial charge in [-0.15, -0.1) is 0 Å². The van der Waals surface area contributed by atoms with Crippen LogP contribution in [0, 0.1) is 0 Å². The van der Waals surface area contributed by atoms with Gasteiger partial charge in [0.05, 0.1) is 23.8 Å². The third-order valence-corrected chi connectivity index (χ3v) is 4.15. The fourth-order valence-electron chi connectivity index (χ4n) is 3.03. The molecule has 2 aromatic heterocycles. The Balaban J connectivity index is 1.91. The van der Waals surface area contributed by atoms with Gasteiger partial charge in [-0.3, -0.25) is 4.98 Å². The third-order valence-electron chi connectivity index (χ3n) is 4.15. The predicted molar refractivity (Wildman–Crippen MR) is 82.8 cm³/mol. The molecule has 0 aliphatic carbocycles. The van der Waals surface area contributed by atoms with Crippen molar-refractivity contribution in [3.05, 3.63) is 24.3 Å². The van der Waals surface area contributed by atoms with E-state index in [4.69, 9.17) is 9.72 Å². The van der Waals surface area contributed by atoms with Crippen LogP contribution in [0.4, 0.5) is 4.79 Å². The minimum atomic E-state index is -0.0243. The molecule has 0 radical (unpaired) electrons. The SMILES string of the molecule is CNC(=O)N1CCC(c2nc3ccncc3n2CCOC)C1. The van der Waals surface area contributed by atoms with Crippen LogP contribution in [0.5, 0.6) is 0 Å². The van der Waals surface area contributed by atoms with Gasteiger partial charge in [-0.1, -0.05) is 0 Å². The molecule has 0 bridgehead atoms. The van der Waals surface area contributed by atoms with Gasteiger partial charge in [-0.05, 0) is 12.5 Å². The van der Waals surface area contributed by atoms with Gasteiger partial charge < -0.3 is 19.5 Å². The zero-order valence-electron chi connectivity index (χ0n) is 13.0. The highest BCUT2D eigenvalue weighted by Gasteiger charge is 2.30. The molecular formula is C15H21N5O2. The molecule has 1 unspecified atom stereocenters. The summed E-state index contributed by atoms with van der Waals surface area (Å²) >= 11 is 0. The quantitative estimate of drug-likeness (QED) is 0.921. The summed E-state index contributed by atoms with van der Waals surface area (Å²) in [7, 11) is 3.36. The molecule has 2 aromatic rings. The van der Waals surface area contributed by atoms with E-state index in [1.807, 2.05) is 17.2 Å². The fourth-order valence-corrected chi connectivity index (χ4v) is 3.03. The van der Waals surface area contributed by atoms with Crippen LogP contribution in [0.25, 0.3) is 11.0 Å². The summed E-state index contributed by atoms with van der Waals surface area (Å²) in [5.74, 6) is 1.27. The second-order valence-electron chi connectivity index (χ2n) is 5.47. The minimum Gasteiger partial charge on any atom is -0.383 e. The minimum absolute atomic E-state index is 0.0243. The maximum atomic E-state index is 11.8. The molecule has 7 nitrogen and oxygen atoms in total. The Labute approximate surface area is 129 Å². The van der Waals surface area contributed by atoms with Crippen molar-refractivity contribution >= 4 is 17.1 Å². The van der Waals surface area contributed by atoms with Gasteiger partial charge in [0.15, 0.2) is 0 Å². The van der Waals surface area contributed by atoms with Crippen LogP contribution >= 0.6 is 0 Å². The van der Waals surface area contributed by atoms with Gasteiger partial charge in [0.25, 0.3) is 0 Å². The van der Waals surface area contributed by atoms with E-state index in [9.17, 15) is 4.79 Å². The highest BCUT2D eigenvalue weighted by Crippen LogP contribution is 2.29. The van der Waals surface area contributed by atoms with Crippen LogP contribution in [0.2, 0.25) is 0 Å². The molecule has 1 aliphatic rings. The van der Waals surface area contributed by atoms with Crippen molar-refractivity contribution in [3.63, 3.8) is 0 Å². The van der Waals surface area contributed by atoms with Crippen molar-refractivity contribution in [2.45, 2.75) is 18.9 Å². The number of fused-ring (bicyclic) bond motifs is 1. The first-order valence-electron chi connectivity index (χ1n) is 7.50. The lowest BCUT2D eigenvalue weighted by Crippen LogP contribution is -2.36. The Kier molecular flexibility index (Phi) is 4.24. The van der Waals surface area contributed by atoms with Crippen molar-refractivity contribution in [2.24, 2.45) is 0 Å². The van der Waals surface area contributed by atoms with Crippen LogP contribution in [0.1, 0.15) is 18.2 Å². The molecule has 118 valence electrons. The van der Waals surface area contributed by atoms with Crippen LogP contribution in [0.3, 0.4) is 0 Å². The largest absolute Gasteiger partial charge is 0.383 e. The Morgan fingerprint density at radius 2 is 2.41 bits per heavy atom. The van der Waals surface area contributed by atoms with E-state index >= 15 is 0 Å². The summed E-state index contributed by atoms with van der Waals surface area (Å²) in [6.45, 7) is 2.82. The number of carbonyl (C=O) groups is 1. The maximum Gasteiger partial charge on any atom is 0.317 e. The molecule has 22 heavy (non-hydrogen) atoms. The molecule has 3 rings (SSSR count). The van der Waals surface area contributed by atoms with Gasteiger partial charge >= 0.3 is 6.03 Å². The highest BCUT2D eigenvalue weighted by molar-refractivity contribution is 5.75. The first kappa shape index (κ1) is 14.8. The van der Waals surface area contributed by atoms with E-state index in [2.05, 4.69) is 14.9 Å².